The quantitative estimate of drug-likeness (QED) is 0.0613. The standard InChI is InChI=1S/C35H25F3N4O6/c36-35(37,38)24-10-6-22(7-11-24)32(39)34(45)41-29-17-12-25(20-28(29)33(44)23-4-2-1-3-5-23)40-31(43)19-16-27-15-18-30(48-27)21-8-13-26(14-9-21)42(46)47/h1-20,32H,39H2,(H,40,43)(H,41,45)/b19-16+. The average Bonchev–Trinajstić information content (AvgIpc) is 3.56. The monoisotopic (exact) mass is 654 g/mol. The van der Waals surface area contributed by atoms with Crippen LogP contribution in [0.2, 0.25) is 0 Å². The van der Waals surface area contributed by atoms with Crippen molar-refractivity contribution in [2.24, 2.45) is 5.73 Å². The molecule has 48 heavy (non-hydrogen) atoms. The number of nitrogens with two attached hydrogens (primary N) is 1. The predicted molar refractivity (Wildman–Crippen MR) is 172 cm³/mol. The number of carbonyl (C=O) groups excluding carboxylic acids is 3. The second kappa shape index (κ2) is 14.0. The zero-order valence-electron chi connectivity index (χ0n) is 24.7. The van der Waals surface area contributed by atoms with Gasteiger partial charge in [-0.1, -0.05) is 42.5 Å². The van der Waals surface area contributed by atoms with Gasteiger partial charge in [-0.3, -0.25) is 24.5 Å². The number of ketones is 1. The third kappa shape index (κ3) is 7.89. The molecule has 1 heterocycles. The Kier molecular flexibility index (Phi) is 9.62. The Balaban J connectivity index is 1.32. The van der Waals surface area contributed by atoms with Crippen LogP contribution in [0.25, 0.3) is 17.4 Å². The third-order valence-corrected chi connectivity index (χ3v) is 7.09. The average molecular weight is 655 g/mol. The summed E-state index contributed by atoms with van der Waals surface area (Å²) in [6, 6.07) is 24.0. The van der Waals surface area contributed by atoms with Crippen molar-refractivity contribution in [1.82, 2.24) is 0 Å². The summed E-state index contributed by atoms with van der Waals surface area (Å²) in [6.45, 7) is 0. The molecule has 0 bridgehead atoms. The van der Waals surface area contributed by atoms with Gasteiger partial charge < -0.3 is 20.8 Å². The van der Waals surface area contributed by atoms with Crippen molar-refractivity contribution in [2.75, 3.05) is 10.6 Å². The molecule has 0 saturated heterocycles. The van der Waals surface area contributed by atoms with Crippen molar-refractivity contribution < 1.29 is 36.9 Å². The molecule has 0 aliphatic heterocycles. The maximum atomic E-state index is 13.5. The molecule has 1 aromatic heterocycles. The first kappa shape index (κ1) is 33.0. The lowest BCUT2D eigenvalue weighted by molar-refractivity contribution is -0.384. The van der Waals surface area contributed by atoms with Gasteiger partial charge in [0.2, 0.25) is 11.8 Å². The van der Waals surface area contributed by atoms with E-state index in [1.807, 2.05) is 0 Å². The van der Waals surface area contributed by atoms with Gasteiger partial charge >= 0.3 is 6.18 Å². The zero-order chi connectivity index (χ0) is 34.4. The minimum atomic E-state index is -4.55. The molecule has 0 radical (unpaired) electrons. The fourth-order valence-corrected chi connectivity index (χ4v) is 4.59. The zero-order valence-corrected chi connectivity index (χ0v) is 24.7. The van der Waals surface area contributed by atoms with E-state index in [1.165, 1.54) is 42.5 Å². The fourth-order valence-electron chi connectivity index (χ4n) is 4.59. The summed E-state index contributed by atoms with van der Waals surface area (Å²) >= 11 is 0. The second-order valence-corrected chi connectivity index (χ2v) is 10.4. The van der Waals surface area contributed by atoms with Gasteiger partial charge in [0.15, 0.2) is 5.78 Å². The highest BCUT2D eigenvalue weighted by Crippen LogP contribution is 2.31. The van der Waals surface area contributed by atoms with Gasteiger partial charge in [0, 0.05) is 40.6 Å². The molecule has 1 atom stereocenters. The summed E-state index contributed by atoms with van der Waals surface area (Å²) in [6.07, 6.45) is -1.93. The number of furan rings is 1. The first-order chi connectivity index (χ1) is 22.9. The van der Waals surface area contributed by atoms with Gasteiger partial charge in [0.05, 0.1) is 16.2 Å². The maximum absolute atomic E-state index is 13.5. The number of carbonyl (C=O) groups is 3. The van der Waals surface area contributed by atoms with E-state index in [1.54, 1.807) is 54.6 Å². The summed E-state index contributed by atoms with van der Waals surface area (Å²) in [5.74, 6) is -1.05. The Morgan fingerprint density at radius 2 is 1.54 bits per heavy atom. The molecule has 0 aliphatic carbocycles. The van der Waals surface area contributed by atoms with Gasteiger partial charge in [-0.05, 0) is 66.2 Å². The van der Waals surface area contributed by atoms with Crippen molar-refractivity contribution in [3.05, 3.63) is 153 Å². The van der Waals surface area contributed by atoms with E-state index in [0.717, 1.165) is 24.3 Å². The normalized spacial score (nSPS) is 12.0. The molecule has 10 nitrogen and oxygen atoms in total. The van der Waals surface area contributed by atoms with Crippen molar-refractivity contribution in [2.45, 2.75) is 12.2 Å². The van der Waals surface area contributed by atoms with Crippen LogP contribution in [0.3, 0.4) is 0 Å². The number of hydrogen-bond donors (Lipinski definition) is 3. The molecule has 0 fully saturated rings. The highest BCUT2D eigenvalue weighted by molar-refractivity contribution is 6.15. The largest absolute Gasteiger partial charge is 0.457 e. The smallest absolute Gasteiger partial charge is 0.416 e. The molecule has 4 N–H and O–H groups in total. The van der Waals surface area contributed by atoms with Crippen LogP contribution in [0, 0.1) is 10.1 Å². The van der Waals surface area contributed by atoms with Crippen molar-refractivity contribution in [1.29, 1.82) is 0 Å². The molecule has 13 heteroatoms. The van der Waals surface area contributed by atoms with Gasteiger partial charge in [-0.25, -0.2) is 0 Å². The molecule has 242 valence electrons. The number of hydrogen-bond acceptors (Lipinski definition) is 7. The highest BCUT2D eigenvalue weighted by atomic mass is 19.4. The number of nitro groups is 1. The van der Waals surface area contributed by atoms with Crippen LogP contribution in [0.1, 0.15) is 38.9 Å². The SMILES string of the molecule is NC(C(=O)Nc1ccc(NC(=O)/C=C/c2ccc(-c3ccc([N+](=O)[O-])cc3)o2)cc1C(=O)c1ccccc1)c1ccc(C(F)(F)F)cc1. The lowest BCUT2D eigenvalue weighted by Gasteiger charge is -2.17. The Labute approximate surface area is 270 Å². The number of nitrogens with one attached hydrogen (secondary N) is 2. The van der Waals surface area contributed by atoms with Crippen LogP contribution in [0.5, 0.6) is 0 Å². The molecule has 0 spiro atoms. The number of rotatable bonds is 10. The first-order valence-corrected chi connectivity index (χ1v) is 14.2. The van der Waals surface area contributed by atoms with Gasteiger partial charge in [0.25, 0.3) is 5.69 Å². The van der Waals surface area contributed by atoms with E-state index in [2.05, 4.69) is 10.6 Å². The molecule has 5 rings (SSSR count). The number of non-ortho nitro benzene ring substituents is 1. The molecule has 0 aliphatic rings. The number of amides is 2. The lowest BCUT2D eigenvalue weighted by Crippen LogP contribution is -2.28. The molecule has 5 aromatic rings. The Morgan fingerprint density at radius 1 is 0.854 bits per heavy atom. The van der Waals surface area contributed by atoms with E-state index in [-0.39, 0.29) is 28.2 Å². The van der Waals surface area contributed by atoms with Crippen LogP contribution in [0.15, 0.2) is 120 Å². The lowest BCUT2D eigenvalue weighted by atomic mass is 10.00. The summed E-state index contributed by atoms with van der Waals surface area (Å²) in [5.41, 5.74) is 6.43. The van der Waals surface area contributed by atoms with E-state index < -0.39 is 40.3 Å². The van der Waals surface area contributed by atoms with Crippen molar-refractivity contribution in [3.8, 4) is 11.3 Å². The van der Waals surface area contributed by atoms with Crippen molar-refractivity contribution in [3.63, 3.8) is 0 Å². The molecule has 4 aromatic carbocycles. The Morgan fingerprint density at radius 3 is 2.19 bits per heavy atom. The van der Waals surface area contributed by atoms with Crippen LogP contribution in [0.4, 0.5) is 30.2 Å². The van der Waals surface area contributed by atoms with Crippen LogP contribution in [-0.2, 0) is 15.8 Å². The molecule has 1 unspecified atom stereocenters. The van der Waals surface area contributed by atoms with Gasteiger partial charge in [-0.2, -0.15) is 13.2 Å². The minimum absolute atomic E-state index is 0.0229. The number of alkyl halides is 3. The summed E-state index contributed by atoms with van der Waals surface area (Å²) in [4.78, 5) is 49.7. The van der Waals surface area contributed by atoms with E-state index >= 15 is 0 Å². The maximum Gasteiger partial charge on any atom is 0.416 e. The Bertz CT molecular complexity index is 2010. The van der Waals surface area contributed by atoms with E-state index in [9.17, 15) is 37.7 Å². The summed E-state index contributed by atoms with van der Waals surface area (Å²) < 4.78 is 44.6. The number of nitro benzene ring substituents is 1. The van der Waals surface area contributed by atoms with E-state index in [0.29, 0.717) is 22.6 Å². The Hall–Kier alpha value is -6.34. The highest BCUT2D eigenvalue weighted by Gasteiger charge is 2.30. The van der Waals surface area contributed by atoms with E-state index in [4.69, 9.17) is 10.2 Å². The number of benzene rings is 4. The summed E-state index contributed by atoms with van der Waals surface area (Å²) in [5, 5.41) is 16.1. The summed E-state index contributed by atoms with van der Waals surface area (Å²) in [7, 11) is 0. The van der Waals surface area contributed by atoms with Crippen LogP contribution >= 0.6 is 0 Å². The number of anilines is 2. The van der Waals surface area contributed by atoms with Crippen LogP contribution in [-0.4, -0.2) is 22.5 Å². The predicted octanol–water partition coefficient (Wildman–Crippen LogP) is 7.40. The van der Waals surface area contributed by atoms with Crippen molar-refractivity contribution >= 4 is 40.7 Å². The number of nitrogens with zero attached hydrogens (tertiary/aromatic N) is 1. The van der Waals surface area contributed by atoms with Crippen LogP contribution < -0.4 is 16.4 Å². The second-order valence-electron chi connectivity index (χ2n) is 10.4. The molecule has 2 amide bonds. The first-order valence-electron chi connectivity index (χ1n) is 14.2. The topological polar surface area (TPSA) is 158 Å². The molecular formula is C35H25F3N4O6. The molecular weight excluding hydrogens is 629 g/mol. The number of halogens is 3. The fraction of sp³-hybridized carbons (Fsp3) is 0.0571. The van der Waals surface area contributed by atoms with Gasteiger partial charge in [0.1, 0.15) is 17.6 Å². The van der Waals surface area contributed by atoms with Gasteiger partial charge in [-0.15, -0.1) is 0 Å². The third-order valence-electron chi connectivity index (χ3n) is 7.09. The molecule has 0 saturated carbocycles. The minimum Gasteiger partial charge on any atom is -0.457 e.